The van der Waals surface area contributed by atoms with E-state index in [1.807, 2.05) is 0 Å². The summed E-state index contributed by atoms with van der Waals surface area (Å²) in [5, 5.41) is 0. The van der Waals surface area contributed by atoms with Crippen LogP contribution in [0.15, 0.2) is 0 Å². The van der Waals surface area contributed by atoms with E-state index in [2.05, 4.69) is 4.90 Å². The zero-order chi connectivity index (χ0) is 17.2. The van der Waals surface area contributed by atoms with Crippen LogP contribution in [0.5, 0.6) is 0 Å². The molecule has 3 saturated heterocycles. The van der Waals surface area contributed by atoms with Crippen molar-refractivity contribution in [1.82, 2.24) is 4.90 Å². The minimum atomic E-state index is -0.114. The Bertz CT molecular complexity index is 342. The molecular weight excluding hydrogens is 326 g/mol. The number of nitrogens with zero attached hydrogens (tertiary/aromatic N) is 1. The van der Waals surface area contributed by atoms with Gasteiger partial charge in [-0.25, -0.2) is 0 Å². The Morgan fingerprint density at radius 3 is 2.60 bits per heavy atom. The Hall–Kier alpha value is -0.280. The summed E-state index contributed by atoms with van der Waals surface area (Å²) in [6.45, 7) is 8.89. The summed E-state index contributed by atoms with van der Waals surface area (Å²) in [4.78, 5) is 2.43. The SMILES string of the molecule is C1CCC(OC(COCCCN2CCOCC2)COCC2CO2)OC1. The van der Waals surface area contributed by atoms with Crippen LogP contribution in [0.2, 0.25) is 0 Å². The van der Waals surface area contributed by atoms with Gasteiger partial charge in [0.15, 0.2) is 6.29 Å². The third-order valence-corrected chi connectivity index (χ3v) is 4.66. The fourth-order valence-corrected chi connectivity index (χ4v) is 3.08. The molecule has 3 rings (SSSR count). The lowest BCUT2D eigenvalue weighted by Gasteiger charge is -2.28. The molecule has 25 heavy (non-hydrogen) atoms. The van der Waals surface area contributed by atoms with Crippen LogP contribution < -0.4 is 0 Å². The van der Waals surface area contributed by atoms with Crippen molar-refractivity contribution >= 4 is 0 Å². The maximum Gasteiger partial charge on any atom is 0.158 e. The highest BCUT2D eigenvalue weighted by molar-refractivity contribution is 4.68. The molecule has 7 nitrogen and oxygen atoms in total. The zero-order valence-corrected chi connectivity index (χ0v) is 15.2. The Morgan fingerprint density at radius 1 is 1.00 bits per heavy atom. The third-order valence-electron chi connectivity index (χ3n) is 4.66. The van der Waals surface area contributed by atoms with E-state index in [-0.39, 0.29) is 18.5 Å². The molecule has 3 aliphatic heterocycles. The largest absolute Gasteiger partial charge is 0.379 e. The van der Waals surface area contributed by atoms with Crippen molar-refractivity contribution in [3.05, 3.63) is 0 Å². The van der Waals surface area contributed by atoms with Crippen LogP contribution in [0.3, 0.4) is 0 Å². The van der Waals surface area contributed by atoms with Gasteiger partial charge in [0.2, 0.25) is 0 Å². The molecule has 0 aromatic heterocycles. The number of epoxide rings is 1. The van der Waals surface area contributed by atoms with Gasteiger partial charge in [0.1, 0.15) is 12.2 Å². The van der Waals surface area contributed by atoms with E-state index in [0.717, 1.165) is 78.4 Å². The van der Waals surface area contributed by atoms with E-state index >= 15 is 0 Å². The monoisotopic (exact) mass is 359 g/mol. The van der Waals surface area contributed by atoms with Crippen molar-refractivity contribution in [3.63, 3.8) is 0 Å². The molecule has 3 unspecified atom stereocenters. The number of rotatable bonds is 12. The molecule has 0 radical (unpaired) electrons. The van der Waals surface area contributed by atoms with E-state index in [1.165, 1.54) is 0 Å². The first-order chi connectivity index (χ1) is 12.4. The maximum absolute atomic E-state index is 6.05. The molecular formula is C18H33NO6. The molecule has 0 amide bonds. The Labute approximate surface area is 150 Å². The van der Waals surface area contributed by atoms with Gasteiger partial charge in [-0.2, -0.15) is 0 Å². The van der Waals surface area contributed by atoms with Gasteiger partial charge in [0, 0.05) is 32.8 Å². The summed E-state index contributed by atoms with van der Waals surface area (Å²) in [5.41, 5.74) is 0. The molecule has 7 heteroatoms. The van der Waals surface area contributed by atoms with Gasteiger partial charge in [-0.3, -0.25) is 4.90 Å². The van der Waals surface area contributed by atoms with Crippen molar-refractivity contribution in [2.24, 2.45) is 0 Å². The summed E-state index contributed by atoms with van der Waals surface area (Å²) < 4.78 is 33.8. The molecule has 146 valence electrons. The molecule has 0 saturated carbocycles. The summed E-state index contributed by atoms with van der Waals surface area (Å²) in [5.74, 6) is 0. The number of hydrogen-bond acceptors (Lipinski definition) is 7. The van der Waals surface area contributed by atoms with Crippen LogP contribution in [0.4, 0.5) is 0 Å². The molecule has 0 aliphatic carbocycles. The lowest BCUT2D eigenvalue weighted by atomic mass is 10.2. The highest BCUT2D eigenvalue weighted by Gasteiger charge is 2.24. The Kier molecular flexibility index (Phi) is 8.91. The normalized spacial score (nSPS) is 28.8. The number of hydrogen-bond donors (Lipinski definition) is 0. The molecule has 0 spiro atoms. The topological polar surface area (TPSA) is 61.9 Å². The van der Waals surface area contributed by atoms with Crippen LogP contribution in [0, 0.1) is 0 Å². The molecule has 3 fully saturated rings. The predicted molar refractivity (Wildman–Crippen MR) is 91.7 cm³/mol. The molecule has 0 aromatic carbocycles. The second-order valence-electron chi connectivity index (χ2n) is 6.93. The third kappa shape index (κ3) is 8.30. The lowest BCUT2D eigenvalue weighted by Crippen LogP contribution is -2.37. The van der Waals surface area contributed by atoms with E-state index in [4.69, 9.17) is 28.4 Å². The fourth-order valence-electron chi connectivity index (χ4n) is 3.08. The van der Waals surface area contributed by atoms with Crippen LogP contribution in [0.25, 0.3) is 0 Å². The molecule has 0 aromatic rings. The zero-order valence-electron chi connectivity index (χ0n) is 15.2. The Morgan fingerprint density at radius 2 is 1.84 bits per heavy atom. The second kappa shape index (κ2) is 11.4. The highest BCUT2D eigenvalue weighted by atomic mass is 16.7. The van der Waals surface area contributed by atoms with Crippen LogP contribution in [-0.2, 0) is 28.4 Å². The molecule has 3 heterocycles. The van der Waals surface area contributed by atoms with Crippen molar-refractivity contribution < 1.29 is 28.4 Å². The first-order valence-corrected chi connectivity index (χ1v) is 9.74. The van der Waals surface area contributed by atoms with E-state index in [9.17, 15) is 0 Å². The van der Waals surface area contributed by atoms with Gasteiger partial charge >= 0.3 is 0 Å². The smallest absolute Gasteiger partial charge is 0.158 e. The number of morpholine rings is 1. The average molecular weight is 359 g/mol. The lowest BCUT2D eigenvalue weighted by molar-refractivity contribution is -0.208. The van der Waals surface area contributed by atoms with Crippen molar-refractivity contribution in [1.29, 1.82) is 0 Å². The van der Waals surface area contributed by atoms with Crippen LogP contribution in [-0.4, -0.2) is 95.9 Å². The van der Waals surface area contributed by atoms with Crippen LogP contribution in [0.1, 0.15) is 25.7 Å². The second-order valence-corrected chi connectivity index (χ2v) is 6.93. The van der Waals surface area contributed by atoms with Gasteiger partial charge in [-0.15, -0.1) is 0 Å². The molecule has 3 atom stereocenters. The summed E-state index contributed by atoms with van der Waals surface area (Å²) in [6.07, 6.45) is 4.36. The van der Waals surface area contributed by atoms with E-state index < -0.39 is 0 Å². The van der Waals surface area contributed by atoms with Gasteiger partial charge < -0.3 is 28.4 Å². The van der Waals surface area contributed by atoms with E-state index in [1.54, 1.807) is 0 Å². The molecule has 3 aliphatic rings. The average Bonchev–Trinajstić information content (AvgIpc) is 3.47. The Balaban J connectivity index is 1.28. The standard InChI is InChI=1S/C18H33NO6/c1-2-9-23-18(4-1)25-17(14-22-12-16-15-24-16)13-21-8-3-5-19-6-10-20-11-7-19/h16-18H,1-15H2. The predicted octanol–water partition coefficient (Wildman–Crippen LogP) is 1.05. The summed E-state index contributed by atoms with van der Waals surface area (Å²) >= 11 is 0. The number of ether oxygens (including phenoxy) is 6. The van der Waals surface area contributed by atoms with Gasteiger partial charge in [-0.1, -0.05) is 0 Å². The van der Waals surface area contributed by atoms with Gasteiger partial charge in [0.25, 0.3) is 0 Å². The van der Waals surface area contributed by atoms with Crippen molar-refractivity contribution in [2.45, 2.75) is 44.2 Å². The molecule has 0 N–H and O–H groups in total. The summed E-state index contributed by atoms with van der Waals surface area (Å²) in [6, 6.07) is 0. The van der Waals surface area contributed by atoms with Gasteiger partial charge in [0.05, 0.1) is 39.6 Å². The maximum atomic E-state index is 6.05. The fraction of sp³-hybridized carbons (Fsp3) is 1.00. The minimum absolute atomic E-state index is 0.0785. The first kappa shape index (κ1) is 19.5. The van der Waals surface area contributed by atoms with Crippen molar-refractivity contribution in [3.8, 4) is 0 Å². The summed E-state index contributed by atoms with van der Waals surface area (Å²) in [7, 11) is 0. The highest BCUT2D eigenvalue weighted by Crippen LogP contribution is 2.16. The van der Waals surface area contributed by atoms with Crippen LogP contribution >= 0.6 is 0 Å². The first-order valence-electron chi connectivity index (χ1n) is 9.74. The van der Waals surface area contributed by atoms with Gasteiger partial charge in [-0.05, 0) is 25.7 Å². The van der Waals surface area contributed by atoms with Crippen molar-refractivity contribution in [2.75, 3.05) is 72.5 Å². The van der Waals surface area contributed by atoms with E-state index in [0.29, 0.717) is 19.8 Å². The minimum Gasteiger partial charge on any atom is -0.379 e. The molecule has 0 bridgehead atoms. The quantitative estimate of drug-likeness (QED) is 0.381.